The van der Waals surface area contributed by atoms with Gasteiger partial charge in [-0.3, -0.25) is 19.7 Å². The Kier molecular flexibility index (Phi) is 3.92. The lowest BCUT2D eigenvalue weighted by Gasteiger charge is -1.88. The Bertz CT molecular complexity index is 208. The van der Waals surface area contributed by atoms with E-state index < -0.39 is 23.9 Å². The Morgan fingerprint density at radius 1 is 1.58 bits per heavy atom. The average molecular weight is 175 g/mol. The first-order chi connectivity index (χ1) is 5.43. The minimum atomic E-state index is -1.11. The van der Waals surface area contributed by atoms with Crippen LogP contribution in [0.25, 0.3) is 0 Å². The van der Waals surface area contributed by atoms with E-state index in [4.69, 9.17) is 15.0 Å². The van der Waals surface area contributed by atoms with E-state index in [0.717, 1.165) is 6.92 Å². The molecule has 68 valence electrons. The van der Waals surface area contributed by atoms with Crippen LogP contribution in [0.5, 0.6) is 0 Å². The van der Waals surface area contributed by atoms with Gasteiger partial charge in [-0.25, -0.2) is 0 Å². The fourth-order valence-corrected chi connectivity index (χ4v) is 0.540. The number of carbonyl (C=O) groups is 3. The molecule has 2 amide bonds. The molecule has 0 saturated carbocycles. The number of amides is 2. The van der Waals surface area contributed by atoms with Gasteiger partial charge in [-0.1, -0.05) is 0 Å². The fourth-order valence-electron chi connectivity index (χ4n) is 0.540. The average Bonchev–Trinajstić information content (AvgIpc) is 2.08. The number of hydrogen-bond acceptors (Lipinski definition) is 4. The van der Waals surface area contributed by atoms with Gasteiger partial charge >= 0.3 is 0 Å². The van der Waals surface area contributed by atoms with Gasteiger partial charge < -0.3 is 10.2 Å². The summed E-state index contributed by atoms with van der Waals surface area (Å²) in [6, 6.07) is 0. The molecular formula is C6H9NO5. The molecule has 6 nitrogen and oxygen atoms in total. The molecule has 0 radical (unpaired) electrons. The minimum Gasteiger partial charge on any atom is -0.481 e. The van der Waals surface area contributed by atoms with Gasteiger partial charge in [0.2, 0.25) is 5.91 Å². The molecule has 12 heavy (non-hydrogen) atoms. The molecule has 0 aliphatic carbocycles. The van der Waals surface area contributed by atoms with E-state index in [-0.39, 0.29) is 6.42 Å². The van der Waals surface area contributed by atoms with Gasteiger partial charge in [0.1, 0.15) is 6.10 Å². The van der Waals surface area contributed by atoms with Crippen LogP contribution in [0.15, 0.2) is 0 Å². The number of carboxylic acid groups (broad SMARTS) is 1. The second-order valence-corrected chi connectivity index (χ2v) is 2.15. The van der Waals surface area contributed by atoms with Crippen molar-refractivity contribution in [1.29, 1.82) is 0 Å². The molecule has 6 heteroatoms. The van der Waals surface area contributed by atoms with Crippen molar-refractivity contribution in [3.8, 4) is 0 Å². The van der Waals surface area contributed by atoms with Crippen LogP contribution in [0.3, 0.4) is 0 Å². The van der Waals surface area contributed by atoms with Gasteiger partial charge in [-0.2, -0.15) is 0 Å². The number of hydrogen-bond donors (Lipinski definition) is 3. The van der Waals surface area contributed by atoms with Crippen LogP contribution in [0.4, 0.5) is 0 Å². The molecule has 0 aromatic rings. The summed E-state index contributed by atoms with van der Waals surface area (Å²) in [4.78, 5) is 29.4. The SMILES string of the molecule is CC(=O)O.O=C1CC(O)C(=O)N1. The second-order valence-electron chi connectivity index (χ2n) is 2.15. The first-order valence-electron chi connectivity index (χ1n) is 3.14. The Morgan fingerprint density at radius 3 is 2.08 bits per heavy atom. The second kappa shape index (κ2) is 4.45. The predicted molar refractivity (Wildman–Crippen MR) is 37.1 cm³/mol. The number of aliphatic hydroxyl groups excluding tert-OH is 1. The molecule has 0 bridgehead atoms. The molecule has 1 atom stereocenters. The maximum absolute atomic E-state index is 10.2. The van der Waals surface area contributed by atoms with Gasteiger partial charge in [-0.05, 0) is 0 Å². The fraction of sp³-hybridized carbons (Fsp3) is 0.500. The third-order valence-electron chi connectivity index (χ3n) is 0.944. The summed E-state index contributed by atoms with van der Waals surface area (Å²) in [5, 5.41) is 17.9. The third-order valence-corrected chi connectivity index (χ3v) is 0.944. The van der Waals surface area contributed by atoms with Crippen LogP contribution in [0.1, 0.15) is 13.3 Å². The first kappa shape index (κ1) is 10.6. The predicted octanol–water partition coefficient (Wildman–Crippen LogP) is -1.52. The highest BCUT2D eigenvalue weighted by Gasteiger charge is 2.27. The summed E-state index contributed by atoms with van der Waals surface area (Å²) >= 11 is 0. The van der Waals surface area contributed by atoms with Crippen LogP contribution in [0, 0.1) is 0 Å². The lowest BCUT2D eigenvalue weighted by molar-refractivity contribution is -0.134. The highest BCUT2D eigenvalue weighted by Crippen LogP contribution is 1.98. The van der Waals surface area contributed by atoms with Crippen molar-refractivity contribution >= 4 is 17.8 Å². The highest BCUT2D eigenvalue weighted by molar-refractivity contribution is 6.04. The van der Waals surface area contributed by atoms with E-state index in [0.29, 0.717) is 0 Å². The Labute approximate surface area is 68.2 Å². The molecule has 1 unspecified atom stereocenters. The molecule has 0 spiro atoms. The molecule has 1 aliphatic heterocycles. The molecule has 0 aromatic carbocycles. The van der Waals surface area contributed by atoms with Crippen molar-refractivity contribution in [3.05, 3.63) is 0 Å². The van der Waals surface area contributed by atoms with Gasteiger partial charge in [0.05, 0.1) is 6.42 Å². The minimum absolute atomic E-state index is 0.0845. The molecule has 3 N–H and O–H groups in total. The Balaban J connectivity index is 0.000000261. The zero-order valence-electron chi connectivity index (χ0n) is 6.40. The van der Waals surface area contributed by atoms with Crippen LogP contribution in [0.2, 0.25) is 0 Å². The molecule has 1 heterocycles. The van der Waals surface area contributed by atoms with E-state index >= 15 is 0 Å². The summed E-state index contributed by atoms with van der Waals surface area (Å²) in [6.07, 6.45) is -1.19. The number of imide groups is 1. The number of aliphatic carboxylic acids is 1. The maximum atomic E-state index is 10.2. The quantitative estimate of drug-likeness (QED) is 0.388. The highest BCUT2D eigenvalue weighted by atomic mass is 16.4. The number of carboxylic acids is 1. The summed E-state index contributed by atoms with van der Waals surface area (Å²) in [7, 11) is 0. The van der Waals surface area contributed by atoms with E-state index in [1.807, 2.05) is 5.32 Å². The van der Waals surface area contributed by atoms with Gasteiger partial charge in [0, 0.05) is 6.92 Å². The van der Waals surface area contributed by atoms with Crippen molar-refractivity contribution in [2.75, 3.05) is 0 Å². The monoisotopic (exact) mass is 175 g/mol. The molecule has 1 fully saturated rings. The topological polar surface area (TPSA) is 104 Å². The Morgan fingerprint density at radius 2 is 2.00 bits per heavy atom. The Hall–Kier alpha value is -1.43. The third kappa shape index (κ3) is 4.40. The molecular weight excluding hydrogens is 166 g/mol. The van der Waals surface area contributed by atoms with Crippen molar-refractivity contribution in [3.63, 3.8) is 0 Å². The van der Waals surface area contributed by atoms with Crippen LogP contribution < -0.4 is 5.32 Å². The number of nitrogens with one attached hydrogen (secondary N) is 1. The standard InChI is InChI=1S/C4H5NO3.C2H4O2/c6-2-1-3(7)5-4(2)8;1-2(3)4/h2,6H,1H2,(H,5,7,8);1H3,(H,3,4). The smallest absolute Gasteiger partial charge is 0.300 e. The first-order valence-corrected chi connectivity index (χ1v) is 3.14. The van der Waals surface area contributed by atoms with Crippen molar-refractivity contribution < 1.29 is 24.6 Å². The number of aliphatic hydroxyl groups is 1. The van der Waals surface area contributed by atoms with E-state index in [1.165, 1.54) is 0 Å². The number of rotatable bonds is 0. The largest absolute Gasteiger partial charge is 0.481 e. The van der Waals surface area contributed by atoms with Crippen LogP contribution >= 0.6 is 0 Å². The normalized spacial score (nSPS) is 21.0. The van der Waals surface area contributed by atoms with Gasteiger partial charge in [0.25, 0.3) is 11.9 Å². The molecule has 1 aliphatic rings. The zero-order valence-corrected chi connectivity index (χ0v) is 6.40. The van der Waals surface area contributed by atoms with Gasteiger partial charge in [0.15, 0.2) is 0 Å². The van der Waals surface area contributed by atoms with Crippen molar-refractivity contribution in [2.24, 2.45) is 0 Å². The lowest BCUT2D eigenvalue weighted by Crippen LogP contribution is -2.24. The summed E-state index contributed by atoms with van der Waals surface area (Å²) in [5.74, 6) is -1.82. The summed E-state index contributed by atoms with van der Waals surface area (Å²) < 4.78 is 0. The van der Waals surface area contributed by atoms with Crippen molar-refractivity contribution in [2.45, 2.75) is 19.4 Å². The van der Waals surface area contributed by atoms with Gasteiger partial charge in [-0.15, -0.1) is 0 Å². The van der Waals surface area contributed by atoms with Crippen LogP contribution in [-0.4, -0.2) is 34.1 Å². The van der Waals surface area contributed by atoms with E-state index in [2.05, 4.69) is 0 Å². The molecule has 1 rings (SSSR count). The van der Waals surface area contributed by atoms with Crippen molar-refractivity contribution in [1.82, 2.24) is 5.32 Å². The number of carbonyl (C=O) groups excluding carboxylic acids is 2. The summed E-state index contributed by atoms with van der Waals surface area (Å²) in [6.45, 7) is 1.08. The molecule has 1 saturated heterocycles. The van der Waals surface area contributed by atoms with E-state index in [9.17, 15) is 9.59 Å². The zero-order chi connectivity index (χ0) is 9.72. The molecule has 0 aromatic heterocycles. The van der Waals surface area contributed by atoms with E-state index in [1.54, 1.807) is 0 Å². The van der Waals surface area contributed by atoms with Crippen LogP contribution in [-0.2, 0) is 14.4 Å². The maximum Gasteiger partial charge on any atom is 0.300 e. The summed E-state index contributed by atoms with van der Waals surface area (Å²) in [5.41, 5.74) is 0. The lowest BCUT2D eigenvalue weighted by atomic mass is 10.3.